The molecular weight excluding hydrogens is 312 g/mol. The standard InChI is InChI=1S/C21H24N2O2/c1-3-18-14-23(12-16-11-19(24-2)8-9-21(16)25-18)13-17-10-15-6-4-5-7-20(15)22-17/h4-11,18,22H,3,12-14H2,1-2H3/t18-/m1/s1. The molecule has 1 aliphatic heterocycles. The number of methoxy groups -OCH3 is 1. The monoisotopic (exact) mass is 336 g/mol. The summed E-state index contributed by atoms with van der Waals surface area (Å²) in [7, 11) is 1.70. The molecule has 4 heteroatoms. The van der Waals surface area contributed by atoms with Crippen LogP contribution in [0.5, 0.6) is 11.5 Å². The highest BCUT2D eigenvalue weighted by Crippen LogP contribution is 2.30. The molecule has 0 bridgehead atoms. The normalized spacial score (nSPS) is 17.8. The highest BCUT2D eigenvalue weighted by molar-refractivity contribution is 5.80. The summed E-state index contributed by atoms with van der Waals surface area (Å²) in [4.78, 5) is 5.98. The van der Waals surface area contributed by atoms with Gasteiger partial charge in [0.25, 0.3) is 0 Å². The summed E-state index contributed by atoms with van der Waals surface area (Å²) in [6.07, 6.45) is 1.20. The van der Waals surface area contributed by atoms with Crippen LogP contribution in [0.25, 0.3) is 10.9 Å². The Bertz CT molecular complexity index is 838. The molecule has 1 atom stereocenters. The third kappa shape index (κ3) is 3.35. The van der Waals surface area contributed by atoms with Gasteiger partial charge < -0.3 is 14.5 Å². The van der Waals surface area contributed by atoms with Crippen LogP contribution in [0.4, 0.5) is 0 Å². The first-order chi connectivity index (χ1) is 12.2. The zero-order chi connectivity index (χ0) is 17.2. The van der Waals surface area contributed by atoms with E-state index >= 15 is 0 Å². The number of hydrogen-bond donors (Lipinski definition) is 1. The van der Waals surface area contributed by atoms with Crippen molar-refractivity contribution in [2.45, 2.75) is 32.5 Å². The van der Waals surface area contributed by atoms with Crippen LogP contribution in [0.1, 0.15) is 24.6 Å². The molecule has 4 nitrogen and oxygen atoms in total. The van der Waals surface area contributed by atoms with Gasteiger partial charge in [0.15, 0.2) is 0 Å². The summed E-state index contributed by atoms with van der Waals surface area (Å²) in [6.45, 7) is 4.84. The van der Waals surface area contributed by atoms with Crippen LogP contribution >= 0.6 is 0 Å². The number of nitrogens with zero attached hydrogens (tertiary/aromatic N) is 1. The van der Waals surface area contributed by atoms with Gasteiger partial charge in [0, 0.05) is 36.4 Å². The molecule has 2 heterocycles. The Labute approximate surface area is 148 Å². The van der Waals surface area contributed by atoms with E-state index in [1.165, 1.54) is 22.2 Å². The van der Waals surface area contributed by atoms with E-state index in [2.05, 4.69) is 53.2 Å². The Morgan fingerprint density at radius 3 is 2.88 bits per heavy atom. The van der Waals surface area contributed by atoms with Crippen molar-refractivity contribution < 1.29 is 9.47 Å². The van der Waals surface area contributed by atoms with Gasteiger partial charge in [0.2, 0.25) is 0 Å². The van der Waals surface area contributed by atoms with Crippen molar-refractivity contribution in [2.24, 2.45) is 0 Å². The largest absolute Gasteiger partial charge is 0.497 e. The Balaban J connectivity index is 1.61. The highest BCUT2D eigenvalue weighted by Gasteiger charge is 2.22. The summed E-state index contributed by atoms with van der Waals surface area (Å²) in [5.74, 6) is 1.86. The van der Waals surface area contributed by atoms with Crippen molar-refractivity contribution in [1.82, 2.24) is 9.88 Å². The zero-order valence-electron chi connectivity index (χ0n) is 14.8. The van der Waals surface area contributed by atoms with Crippen molar-refractivity contribution in [1.29, 1.82) is 0 Å². The number of aromatic amines is 1. The van der Waals surface area contributed by atoms with E-state index in [0.717, 1.165) is 37.6 Å². The SMILES string of the molecule is CC[C@@H]1CN(Cc2cc3ccccc3[nH]2)Cc2cc(OC)ccc2O1. The van der Waals surface area contributed by atoms with Crippen molar-refractivity contribution in [3.05, 3.63) is 59.8 Å². The first-order valence-electron chi connectivity index (χ1n) is 8.87. The van der Waals surface area contributed by atoms with Crippen molar-refractivity contribution in [2.75, 3.05) is 13.7 Å². The molecule has 4 rings (SSSR count). The van der Waals surface area contributed by atoms with Gasteiger partial charge in [-0.1, -0.05) is 25.1 Å². The maximum absolute atomic E-state index is 6.23. The van der Waals surface area contributed by atoms with Gasteiger partial charge in [-0.05, 0) is 42.1 Å². The van der Waals surface area contributed by atoms with Crippen LogP contribution in [-0.2, 0) is 13.1 Å². The molecular formula is C21H24N2O2. The van der Waals surface area contributed by atoms with Gasteiger partial charge in [0.1, 0.15) is 17.6 Å². The van der Waals surface area contributed by atoms with E-state index in [0.29, 0.717) is 0 Å². The lowest BCUT2D eigenvalue weighted by Gasteiger charge is -2.22. The Kier molecular flexibility index (Phi) is 4.36. The Morgan fingerprint density at radius 1 is 1.20 bits per heavy atom. The topological polar surface area (TPSA) is 37.5 Å². The molecule has 0 radical (unpaired) electrons. The number of hydrogen-bond acceptors (Lipinski definition) is 3. The third-order valence-electron chi connectivity index (χ3n) is 4.85. The van der Waals surface area contributed by atoms with Gasteiger partial charge in [-0.15, -0.1) is 0 Å². The second-order valence-corrected chi connectivity index (χ2v) is 6.67. The average molecular weight is 336 g/mol. The number of ether oxygens (including phenoxy) is 2. The summed E-state index contributed by atoms with van der Waals surface area (Å²) in [5, 5.41) is 1.26. The fourth-order valence-electron chi connectivity index (χ4n) is 3.52. The van der Waals surface area contributed by atoms with Gasteiger partial charge in [-0.3, -0.25) is 4.90 Å². The molecule has 0 fully saturated rings. The fourth-order valence-corrected chi connectivity index (χ4v) is 3.52. The maximum Gasteiger partial charge on any atom is 0.124 e. The predicted octanol–water partition coefficient (Wildman–Crippen LogP) is 4.35. The predicted molar refractivity (Wildman–Crippen MR) is 100 cm³/mol. The van der Waals surface area contributed by atoms with E-state index in [4.69, 9.17) is 9.47 Å². The van der Waals surface area contributed by atoms with Crippen LogP contribution < -0.4 is 9.47 Å². The molecule has 0 saturated heterocycles. The molecule has 130 valence electrons. The zero-order valence-corrected chi connectivity index (χ0v) is 14.8. The van der Waals surface area contributed by atoms with E-state index in [-0.39, 0.29) is 6.10 Å². The minimum absolute atomic E-state index is 0.207. The van der Waals surface area contributed by atoms with Gasteiger partial charge in [-0.2, -0.15) is 0 Å². The lowest BCUT2D eigenvalue weighted by Crippen LogP contribution is -2.32. The summed E-state index contributed by atoms with van der Waals surface area (Å²) in [5.41, 5.74) is 3.62. The highest BCUT2D eigenvalue weighted by atomic mass is 16.5. The number of fused-ring (bicyclic) bond motifs is 2. The Morgan fingerprint density at radius 2 is 2.08 bits per heavy atom. The van der Waals surface area contributed by atoms with Crippen LogP contribution in [0.2, 0.25) is 0 Å². The lowest BCUT2D eigenvalue weighted by atomic mass is 10.1. The molecule has 1 N–H and O–H groups in total. The molecule has 0 saturated carbocycles. The number of rotatable bonds is 4. The molecule has 2 aromatic carbocycles. The minimum atomic E-state index is 0.207. The minimum Gasteiger partial charge on any atom is -0.497 e. The van der Waals surface area contributed by atoms with Crippen LogP contribution in [0.3, 0.4) is 0 Å². The number of aromatic nitrogens is 1. The maximum atomic E-state index is 6.23. The summed E-state index contributed by atoms with van der Waals surface area (Å²) >= 11 is 0. The number of para-hydroxylation sites is 1. The summed E-state index contributed by atoms with van der Waals surface area (Å²) < 4.78 is 11.6. The molecule has 1 aromatic heterocycles. The molecule has 25 heavy (non-hydrogen) atoms. The van der Waals surface area contributed by atoms with Crippen molar-refractivity contribution in [3.63, 3.8) is 0 Å². The molecule has 0 spiro atoms. The number of nitrogens with one attached hydrogen (secondary N) is 1. The summed E-state index contributed by atoms with van der Waals surface area (Å²) in [6, 6.07) is 16.8. The third-order valence-corrected chi connectivity index (χ3v) is 4.85. The molecule has 3 aromatic rings. The van der Waals surface area contributed by atoms with Gasteiger partial charge in [0.05, 0.1) is 7.11 Å². The lowest BCUT2D eigenvalue weighted by molar-refractivity contribution is 0.138. The van der Waals surface area contributed by atoms with Crippen molar-refractivity contribution >= 4 is 10.9 Å². The number of benzene rings is 2. The quantitative estimate of drug-likeness (QED) is 0.770. The molecule has 0 unspecified atom stereocenters. The first kappa shape index (κ1) is 16.0. The molecule has 0 amide bonds. The second kappa shape index (κ2) is 6.81. The average Bonchev–Trinajstić information content (AvgIpc) is 2.95. The smallest absolute Gasteiger partial charge is 0.124 e. The van der Waals surface area contributed by atoms with E-state index < -0.39 is 0 Å². The fraction of sp³-hybridized carbons (Fsp3) is 0.333. The van der Waals surface area contributed by atoms with Crippen molar-refractivity contribution in [3.8, 4) is 11.5 Å². The molecule has 1 aliphatic rings. The first-order valence-corrected chi connectivity index (χ1v) is 8.87. The van der Waals surface area contributed by atoms with E-state index in [1.54, 1.807) is 7.11 Å². The molecule has 0 aliphatic carbocycles. The van der Waals surface area contributed by atoms with Crippen LogP contribution in [0, 0.1) is 0 Å². The van der Waals surface area contributed by atoms with E-state index in [9.17, 15) is 0 Å². The second-order valence-electron chi connectivity index (χ2n) is 6.67. The van der Waals surface area contributed by atoms with Crippen LogP contribution in [-0.4, -0.2) is 29.6 Å². The number of H-pyrrole nitrogens is 1. The van der Waals surface area contributed by atoms with Gasteiger partial charge >= 0.3 is 0 Å². The Hall–Kier alpha value is -2.46. The van der Waals surface area contributed by atoms with E-state index in [1.807, 2.05) is 12.1 Å². The van der Waals surface area contributed by atoms with Gasteiger partial charge in [-0.25, -0.2) is 0 Å². The van der Waals surface area contributed by atoms with Crippen LogP contribution in [0.15, 0.2) is 48.5 Å².